The molecule has 5 nitrogen and oxygen atoms in total. The maximum Gasteiger partial charge on any atom is 0.230 e. The Morgan fingerprint density at radius 3 is 2.73 bits per heavy atom. The van der Waals surface area contributed by atoms with E-state index >= 15 is 0 Å². The second-order valence-electron chi connectivity index (χ2n) is 5.66. The number of nitrogens with zero attached hydrogens (tertiary/aromatic N) is 3. The number of nitrogens with one attached hydrogen (secondary N) is 1. The van der Waals surface area contributed by atoms with Crippen LogP contribution in [0.25, 0.3) is 10.7 Å². The number of thioether (sulfide) groups is 1. The number of rotatable bonds is 7. The van der Waals surface area contributed by atoms with Crippen molar-refractivity contribution in [3.63, 3.8) is 0 Å². The number of halogens is 1. The van der Waals surface area contributed by atoms with Gasteiger partial charge in [-0.25, -0.2) is 4.39 Å². The molecule has 1 amide bonds. The molecule has 1 atom stereocenters. The zero-order valence-electron chi connectivity index (χ0n) is 14.5. The summed E-state index contributed by atoms with van der Waals surface area (Å²) in [6.07, 6.45) is 0. The lowest BCUT2D eigenvalue weighted by Gasteiger charge is -2.14. The average molecular weight is 391 g/mol. The Bertz CT molecular complexity index is 862. The van der Waals surface area contributed by atoms with E-state index in [1.165, 1.54) is 23.9 Å². The summed E-state index contributed by atoms with van der Waals surface area (Å²) in [7, 11) is 0. The average Bonchev–Trinajstić information content (AvgIpc) is 3.29. The minimum Gasteiger partial charge on any atom is -0.349 e. The molecule has 0 saturated carbocycles. The summed E-state index contributed by atoms with van der Waals surface area (Å²) < 4.78 is 15.0. The molecule has 0 spiro atoms. The first-order valence-electron chi connectivity index (χ1n) is 8.23. The number of amides is 1. The van der Waals surface area contributed by atoms with Crippen molar-refractivity contribution < 1.29 is 9.18 Å². The van der Waals surface area contributed by atoms with Crippen molar-refractivity contribution in [3.8, 4) is 10.7 Å². The highest BCUT2D eigenvalue weighted by Gasteiger charge is 2.16. The van der Waals surface area contributed by atoms with Gasteiger partial charge in [-0.05, 0) is 43.0 Å². The third-order valence-corrected chi connectivity index (χ3v) is 5.69. The molecule has 3 aromatic rings. The third kappa shape index (κ3) is 4.31. The summed E-state index contributed by atoms with van der Waals surface area (Å²) in [4.78, 5) is 13.3. The molecular weight excluding hydrogens is 371 g/mol. The molecule has 0 bridgehead atoms. The van der Waals surface area contributed by atoms with Gasteiger partial charge in [-0.2, -0.15) is 0 Å². The van der Waals surface area contributed by atoms with Crippen LogP contribution in [0.3, 0.4) is 0 Å². The predicted octanol–water partition coefficient (Wildman–Crippen LogP) is 4.14. The van der Waals surface area contributed by atoms with Crippen LogP contribution in [0.5, 0.6) is 0 Å². The Hall–Kier alpha value is -2.19. The van der Waals surface area contributed by atoms with Crippen molar-refractivity contribution in [2.24, 2.45) is 0 Å². The van der Waals surface area contributed by atoms with Crippen LogP contribution in [-0.2, 0) is 11.3 Å². The van der Waals surface area contributed by atoms with Gasteiger partial charge in [0.15, 0.2) is 11.0 Å². The monoisotopic (exact) mass is 390 g/mol. The molecule has 2 aromatic heterocycles. The molecule has 1 aromatic carbocycles. The van der Waals surface area contributed by atoms with E-state index in [-0.39, 0.29) is 23.5 Å². The quantitative estimate of drug-likeness (QED) is 0.616. The van der Waals surface area contributed by atoms with Crippen molar-refractivity contribution in [2.75, 3.05) is 5.75 Å². The smallest absolute Gasteiger partial charge is 0.230 e. The van der Waals surface area contributed by atoms with E-state index < -0.39 is 0 Å². The summed E-state index contributed by atoms with van der Waals surface area (Å²) in [5, 5.41) is 14.1. The van der Waals surface area contributed by atoms with Crippen molar-refractivity contribution in [3.05, 3.63) is 53.2 Å². The van der Waals surface area contributed by atoms with E-state index in [0.29, 0.717) is 0 Å². The Kier molecular flexibility index (Phi) is 6.05. The first kappa shape index (κ1) is 18.6. The number of benzene rings is 1. The van der Waals surface area contributed by atoms with Gasteiger partial charge in [-0.1, -0.05) is 30.0 Å². The summed E-state index contributed by atoms with van der Waals surface area (Å²) in [6.45, 7) is 4.64. The number of carbonyl (C=O) groups excluding carboxylic acids is 1. The van der Waals surface area contributed by atoms with Crippen LogP contribution in [-0.4, -0.2) is 26.4 Å². The van der Waals surface area contributed by atoms with Gasteiger partial charge in [0.2, 0.25) is 5.91 Å². The number of aromatic nitrogens is 3. The SMILES string of the molecule is CCn1c(SCC(=O)N[C@H](C)c2ccc(F)cc2)nnc1-c1cccs1. The molecule has 0 aliphatic heterocycles. The number of thiophene rings is 1. The van der Waals surface area contributed by atoms with Crippen LogP contribution in [0.15, 0.2) is 46.9 Å². The van der Waals surface area contributed by atoms with Crippen molar-refractivity contribution in [1.29, 1.82) is 0 Å². The van der Waals surface area contributed by atoms with Crippen molar-refractivity contribution in [1.82, 2.24) is 20.1 Å². The van der Waals surface area contributed by atoms with E-state index in [1.54, 1.807) is 23.5 Å². The highest BCUT2D eigenvalue weighted by atomic mass is 32.2. The lowest BCUT2D eigenvalue weighted by atomic mass is 10.1. The van der Waals surface area contributed by atoms with Gasteiger partial charge in [0.25, 0.3) is 0 Å². The fourth-order valence-corrected chi connectivity index (χ4v) is 4.05. The van der Waals surface area contributed by atoms with Gasteiger partial charge >= 0.3 is 0 Å². The topological polar surface area (TPSA) is 59.8 Å². The zero-order valence-corrected chi connectivity index (χ0v) is 16.1. The van der Waals surface area contributed by atoms with Gasteiger partial charge in [0.1, 0.15) is 5.82 Å². The van der Waals surface area contributed by atoms with Crippen LogP contribution < -0.4 is 5.32 Å². The minimum absolute atomic E-state index is 0.102. The maximum absolute atomic E-state index is 13.0. The van der Waals surface area contributed by atoms with Crippen LogP contribution in [0.1, 0.15) is 25.5 Å². The zero-order chi connectivity index (χ0) is 18.5. The molecule has 0 unspecified atom stereocenters. The molecular formula is C18H19FN4OS2. The Morgan fingerprint density at radius 2 is 2.08 bits per heavy atom. The van der Waals surface area contributed by atoms with E-state index in [9.17, 15) is 9.18 Å². The van der Waals surface area contributed by atoms with Gasteiger partial charge in [-0.15, -0.1) is 21.5 Å². The Balaban J connectivity index is 1.60. The summed E-state index contributed by atoms with van der Waals surface area (Å²) >= 11 is 2.97. The Labute approximate surface area is 159 Å². The fourth-order valence-electron chi connectivity index (χ4n) is 2.52. The highest BCUT2D eigenvalue weighted by Crippen LogP contribution is 2.27. The molecule has 2 heterocycles. The fraction of sp³-hybridized carbons (Fsp3) is 0.278. The number of hydrogen-bond donors (Lipinski definition) is 1. The second-order valence-corrected chi connectivity index (χ2v) is 7.55. The molecule has 1 N–H and O–H groups in total. The van der Waals surface area contributed by atoms with Crippen LogP contribution in [0, 0.1) is 5.82 Å². The van der Waals surface area contributed by atoms with E-state index in [1.807, 2.05) is 35.9 Å². The number of hydrogen-bond acceptors (Lipinski definition) is 5. The van der Waals surface area contributed by atoms with Gasteiger partial charge in [0, 0.05) is 6.54 Å². The first-order valence-corrected chi connectivity index (χ1v) is 10.1. The van der Waals surface area contributed by atoms with Gasteiger partial charge in [-0.3, -0.25) is 4.79 Å². The van der Waals surface area contributed by atoms with Crippen LogP contribution >= 0.6 is 23.1 Å². The van der Waals surface area contributed by atoms with Crippen LogP contribution in [0.4, 0.5) is 4.39 Å². The normalized spacial score (nSPS) is 12.1. The molecule has 0 aliphatic carbocycles. The summed E-state index contributed by atoms with van der Waals surface area (Å²) in [5.74, 6) is 0.678. The van der Waals surface area contributed by atoms with Gasteiger partial charge in [0.05, 0.1) is 16.7 Å². The molecule has 26 heavy (non-hydrogen) atoms. The standard InChI is InChI=1S/C18H19FN4OS2/c1-3-23-17(15-5-4-10-25-15)21-22-18(23)26-11-16(24)20-12(2)13-6-8-14(19)9-7-13/h4-10,12H,3,11H2,1-2H3,(H,20,24)/t12-/m1/s1. The van der Waals surface area contributed by atoms with Crippen LogP contribution in [0.2, 0.25) is 0 Å². The predicted molar refractivity (Wildman–Crippen MR) is 103 cm³/mol. The first-order chi connectivity index (χ1) is 12.6. The molecule has 0 fully saturated rings. The number of carbonyl (C=O) groups is 1. The second kappa shape index (κ2) is 8.46. The lowest BCUT2D eigenvalue weighted by Crippen LogP contribution is -2.28. The Morgan fingerprint density at radius 1 is 1.31 bits per heavy atom. The minimum atomic E-state index is -0.289. The maximum atomic E-state index is 13.0. The summed E-state index contributed by atoms with van der Waals surface area (Å²) in [6, 6.07) is 9.93. The van der Waals surface area contributed by atoms with Crippen molar-refractivity contribution in [2.45, 2.75) is 31.6 Å². The molecule has 3 rings (SSSR count). The largest absolute Gasteiger partial charge is 0.349 e. The lowest BCUT2D eigenvalue weighted by molar-refractivity contribution is -0.119. The van der Waals surface area contributed by atoms with E-state index in [0.717, 1.165) is 28.0 Å². The molecule has 136 valence electrons. The molecule has 8 heteroatoms. The van der Waals surface area contributed by atoms with E-state index in [4.69, 9.17) is 0 Å². The van der Waals surface area contributed by atoms with E-state index in [2.05, 4.69) is 15.5 Å². The van der Waals surface area contributed by atoms with Crippen molar-refractivity contribution >= 4 is 29.0 Å². The third-order valence-electron chi connectivity index (χ3n) is 3.85. The highest BCUT2D eigenvalue weighted by molar-refractivity contribution is 7.99. The molecule has 0 saturated heterocycles. The molecule has 0 aliphatic rings. The van der Waals surface area contributed by atoms with Gasteiger partial charge < -0.3 is 9.88 Å². The molecule has 0 radical (unpaired) electrons. The summed E-state index contributed by atoms with van der Waals surface area (Å²) in [5.41, 5.74) is 0.862.